The highest BCUT2D eigenvalue weighted by Gasteiger charge is 2.19. The van der Waals surface area contributed by atoms with Gasteiger partial charge in [-0.25, -0.2) is 9.97 Å². The average Bonchev–Trinajstić information content (AvgIpc) is 3.03. The quantitative estimate of drug-likeness (QED) is 0.769. The van der Waals surface area contributed by atoms with Gasteiger partial charge in [0.2, 0.25) is 0 Å². The molecular formula is C11H10N2O3. The lowest BCUT2D eigenvalue weighted by atomic mass is 10.3. The Hall–Kier alpha value is -1.72. The van der Waals surface area contributed by atoms with Crippen LogP contribution in [0.25, 0.3) is 11.6 Å². The summed E-state index contributed by atoms with van der Waals surface area (Å²) < 4.78 is 15.9. The van der Waals surface area contributed by atoms with Gasteiger partial charge in [0.15, 0.2) is 17.9 Å². The molecule has 0 unspecified atom stereocenters. The predicted molar refractivity (Wildman–Crippen MR) is 54.4 cm³/mol. The minimum absolute atomic E-state index is 0.328. The van der Waals surface area contributed by atoms with Crippen LogP contribution in [0.1, 0.15) is 11.9 Å². The van der Waals surface area contributed by atoms with Crippen molar-refractivity contribution in [2.24, 2.45) is 0 Å². The van der Waals surface area contributed by atoms with Gasteiger partial charge in [0, 0.05) is 18.0 Å². The van der Waals surface area contributed by atoms with Crippen LogP contribution >= 0.6 is 0 Å². The van der Waals surface area contributed by atoms with E-state index in [1.165, 1.54) is 0 Å². The van der Waals surface area contributed by atoms with Crippen molar-refractivity contribution in [2.45, 2.75) is 6.29 Å². The highest BCUT2D eigenvalue weighted by atomic mass is 16.7. The van der Waals surface area contributed by atoms with Gasteiger partial charge in [0.1, 0.15) is 0 Å². The van der Waals surface area contributed by atoms with Crippen molar-refractivity contribution in [3.05, 3.63) is 36.4 Å². The Morgan fingerprint density at radius 3 is 2.50 bits per heavy atom. The van der Waals surface area contributed by atoms with Crippen molar-refractivity contribution in [3.8, 4) is 11.6 Å². The fourth-order valence-electron chi connectivity index (χ4n) is 1.54. The van der Waals surface area contributed by atoms with Crippen LogP contribution in [0.15, 0.2) is 35.2 Å². The highest BCUT2D eigenvalue weighted by molar-refractivity contribution is 5.45. The van der Waals surface area contributed by atoms with Crippen LogP contribution in [0.4, 0.5) is 0 Å². The Kier molecular flexibility index (Phi) is 2.40. The first-order chi connectivity index (χ1) is 7.93. The number of furan rings is 1. The zero-order chi connectivity index (χ0) is 10.8. The summed E-state index contributed by atoms with van der Waals surface area (Å²) in [4.78, 5) is 8.40. The molecule has 5 nitrogen and oxygen atoms in total. The lowest BCUT2D eigenvalue weighted by Crippen LogP contribution is -2.00. The lowest BCUT2D eigenvalue weighted by Gasteiger charge is -2.07. The molecule has 0 spiro atoms. The van der Waals surface area contributed by atoms with Gasteiger partial charge in [-0.2, -0.15) is 0 Å². The molecular weight excluding hydrogens is 208 g/mol. The maximum atomic E-state index is 5.34. The Morgan fingerprint density at radius 2 is 1.88 bits per heavy atom. The third-order valence-electron chi connectivity index (χ3n) is 2.31. The zero-order valence-electron chi connectivity index (χ0n) is 8.50. The van der Waals surface area contributed by atoms with Gasteiger partial charge in [0.05, 0.1) is 19.5 Å². The van der Waals surface area contributed by atoms with E-state index < -0.39 is 0 Å². The minimum atomic E-state index is -0.328. The van der Waals surface area contributed by atoms with Crippen molar-refractivity contribution in [3.63, 3.8) is 0 Å². The molecule has 3 heterocycles. The third kappa shape index (κ3) is 1.70. The Bertz CT molecular complexity index is 447. The summed E-state index contributed by atoms with van der Waals surface area (Å²) >= 11 is 0. The molecule has 0 amide bonds. The molecule has 1 aliphatic rings. The molecule has 5 heteroatoms. The number of hydrogen-bond donors (Lipinski definition) is 0. The molecule has 1 fully saturated rings. The van der Waals surface area contributed by atoms with Crippen LogP contribution in [0.2, 0.25) is 0 Å². The Balaban J connectivity index is 1.84. The number of hydrogen-bond acceptors (Lipinski definition) is 5. The van der Waals surface area contributed by atoms with Crippen LogP contribution in [-0.2, 0) is 9.47 Å². The summed E-state index contributed by atoms with van der Waals surface area (Å²) in [5, 5.41) is 0. The molecule has 2 aromatic heterocycles. The maximum absolute atomic E-state index is 5.34. The zero-order valence-corrected chi connectivity index (χ0v) is 8.50. The minimum Gasteiger partial charge on any atom is -0.461 e. The molecule has 16 heavy (non-hydrogen) atoms. The van der Waals surface area contributed by atoms with Gasteiger partial charge in [-0.3, -0.25) is 0 Å². The van der Waals surface area contributed by atoms with E-state index in [-0.39, 0.29) is 6.29 Å². The second kappa shape index (κ2) is 4.03. The van der Waals surface area contributed by atoms with E-state index in [4.69, 9.17) is 13.9 Å². The number of ether oxygens (including phenoxy) is 2. The van der Waals surface area contributed by atoms with E-state index in [0.29, 0.717) is 24.8 Å². The first kappa shape index (κ1) is 9.50. The van der Waals surface area contributed by atoms with Crippen molar-refractivity contribution in [1.82, 2.24) is 9.97 Å². The second-order valence-electron chi connectivity index (χ2n) is 3.39. The molecule has 0 aliphatic carbocycles. The summed E-state index contributed by atoms with van der Waals surface area (Å²) in [7, 11) is 0. The highest BCUT2D eigenvalue weighted by Crippen LogP contribution is 2.23. The maximum Gasteiger partial charge on any atom is 0.195 e. The van der Waals surface area contributed by atoms with E-state index in [1.54, 1.807) is 24.7 Å². The van der Waals surface area contributed by atoms with Crippen LogP contribution < -0.4 is 0 Å². The van der Waals surface area contributed by atoms with Gasteiger partial charge >= 0.3 is 0 Å². The number of nitrogens with zero attached hydrogens (tertiary/aromatic N) is 2. The van der Waals surface area contributed by atoms with E-state index in [2.05, 4.69) is 9.97 Å². The standard InChI is InChI=1S/C11H10N2O3/c1-2-9(14-3-1)10-12-6-8(7-13-10)11-15-4-5-16-11/h1-3,6-7,11H,4-5H2. The molecule has 0 saturated carbocycles. The number of aromatic nitrogens is 2. The average molecular weight is 218 g/mol. The lowest BCUT2D eigenvalue weighted by molar-refractivity contribution is -0.0445. The van der Waals surface area contributed by atoms with E-state index in [1.807, 2.05) is 6.07 Å². The van der Waals surface area contributed by atoms with Gasteiger partial charge in [-0.1, -0.05) is 0 Å². The molecule has 1 aliphatic heterocycles. The normalized spacial score (nSPS) is 16.8. The van der Waals surface area contributed by atoms with E-state index in [0.717, 1.165) is 5.56 Å². The molecule has 0 radical (unpaired) electrons. The topological polar surface area (TPSA) is 57.4 Å². The molecule has 2 aromatic rings. The van der Waals surface area contributed by atoms with Crippen molar-refractivity contribution in [2.75, 3.05) is 13.2 Å². The molecule has 82 valence electrons. The van der Waals surface area contributed by atoms with Gasteiger partial charge < -0.3 is 13.9 Å². The van der Waals surface area contributed by atoms with Crippen LogP contribution in [0.5, 0.6) is 0 Å². The SMILES string of the molecule is c1coc(-c2ncc(C3OCCO3)cn2)c1. The van der Waals surface area contributed by atoms with Crippen LogP contribution in [0, 0.1) is 0 Å². The van der Waals surface area contributed by atoms with Crippen molar-refractivity contribution >= 4 is 0 Å². The van der Waals surface area contributed by atoms with Gasteiger partial charge in [-0.05, 0) is 12.1 Å². The monoisotopic (exact) mass is 218 g/mol. The van der Waals surface area contributed by atoms with Crippen LogP contribution in [0.3, 0.4) is 0 Å². The summed E-state index contributed by atoms with van der Waals surface area (Å²) in [6.45, 7) is 1.23. The Morgan fingerprint density at radius 1 is 1.12 bits per heavy atom. The summed E-state index contributed by atoms with van der Waals surface area (Å²) in [5.74, 6) is 1.21. The largest absolute Gasteiger partial charge is 0.461 e. The van der Waals surface area contributed by atoms with Gasteiger partial charge in [-0.15, -0.1) is 0 Å². The van der Waals surface area contributed by atoms with Crippen molar-refractivity contribution in [1.29, 1.82) is 0 Å². The molecule has 0 aromatic carbocycles. The van der Waals surface area contributed by atoms with Gasteiger partial charge in [0.25, 0.3) is 0 Å². The first-order valence-corrected chi connectivity index (χ1v) is 5.02. The third-order valence-corrected chi connectivity index (χ3v) is 2.31. The molecule has 3 rings (SSSR count). The van der Waals surface area contributed by atoms with Crippen LogP contribution in [-0.4, -0.2) is 23.2 Å². The fourth-order valence-corrected chi connectivity index (χ4v) is 1.54. The second-order valence-corrected chi connectivity index (χ2v) is 3.39. The summed E-state index contributed by atoms with van der Waals surface area (Å²) in [6.07, 6.45) is 4.66. The molecule has 0 N–H and O–H groups in total. The van der Waals surface area contributed by atoms with Crippen molar-refractivity contribution < 1.29 is 13.9 Å². The van der Waals surface area contributed by atoms with E-state index >= 15 is 0 Å². The summed E-state index contributed by atoms with van der Waals surface area (Å²) in [6, 6.07) is 3.62. The molecule has 1 saturated heterocycles. The Labute approximate surface area is 92.0 Å². The smallest absolute Gasteiger partial charge is 0.195 e. The molecule has 0 bridgehead atoms. The summed E-state index contributed by atoms with van der Waals surface area (Å²) in [5.41, 5.74) is 0.827. The molecule has 0 atom stereocenters. The predicted octanol–water partition coefficient (Wildman–Crippen LogP) is 1.78. The fraction of sp³-hybridized carbons (Fsp3) is 0.273. The number of rotatable bonds is 2. The first-order valence-electron chi connectivity index (χ1n) is 5.02. The van der Waals surface area contributed by atoms with E-state index in [9.17, 15) is 0 Å².